The SMILES string of the molecule is CC(C)CN(CC(=O)O)C(=O)Cc1ccc(F)c(Br)c1. The van der Waals surface area contributed by atoms with E-state index in [9.17, 15) is 14.0 Å². The second-order valence-corrected chi connectivity index (χ2v) is 5.84. The molecule has 0 radical (unpaired) electrons. The number of carboxylic acids is 1. The van der Waals surface area contributed by atoms with Gasteiger partial charge in [-0.05, 0) is 39.5 Å². The van der Waals surface area contributed by atoms with Crippen LogP contribution in [-0.4, -0.2) is 35.0 Å². The van der Waals surface area contributed by atoms with Gasteiger partial charge in [0.15, 0.2) is 0 Å². The maximum absolute atomic E-state index is 13.1. The van der Waals surface area contributed by atoms with Crippen molar-refractivity contribution in [3.05, 3.63) is 34.1 Å². The monoisotopic (exact) mass is 345 g/mol. The second kappa shape index (κ2) is 7.38. The van der Waals surface area contributed by atoms with Crippen molar-refractivity contribution in [3.8, 4) is 0 Å². The number of amides is 1. The first kappa shape index (κ1) is 16.6. The molecule has 6 heteroatoms. The summed E-state index contributed by atoms with van der Waals surface area (Å²) in [6.45, 7) is 3.89. The topological polar surface area (TPSA) is 57.6 Å². The van der Waals surface area contributed by atoms with Crippen LogP contribution in [-0.2, 0) is 16.0 Å². The van der Waals surface area contributed by atoms with Crippen LogP contribution in [0.3, 0.4) is 0 Å². The Morgan fingerprint density at radius 2 is 2.05 bits per heavy atom. The van der Waals surface area contributed by atoms with E-state index in [0.717, 1.165) is 0 Å². The fourth-order valence-electron chi connectivity index (χ4n) is 1.79. The van der Waals surface area contributed by atoms with Crippen LogP contribution in [0.5, 0.6) is 0 Å². The predicted molar refractivity (Wildman–Crippen MR) is 76.9 cm³/mol. The van der Waals surface area contributed by atoms with E-state index >= 15 is 0 Å². The molecular weight excluding hydrogens is 329 g/mol. The van der Waals surface area contributed by atoms with Crippen LogP contribution in [0.2, 0.25) is 0 Å². The van der Waals surface area contributed by atoms with E-state index in [-0.39, 0.29) is 29.3 Å². The molecule has 0 aliphatic heterocycles. The number of carbonyl (C=O) groups is 2. The van der Waals surface area contributed by atoms with E-state index in [4.69, 9.17) is 5.11 Å². The van der Waals surface area contributed by atoms with Crippen molar-refractivity contribution in [2.45, 2.75) is 20.3 Å². The lowest BCUT2D eigenvalue weighted by molar-refractivity contribution is -0.144. The highest BCUT2D eigenvalue weighted by molar-refractivity contribution is 9.10. The molecule has 0 heterocycles. The van der Waals surface area contributed by atoms with Crippen molar-refractivity contribution in [2.24, 2.45) is 5.92 Å². The number of rotatable bonds is 6. The second-order valence-electron chi connectivity index (χ2n) is 4.99. The molecule has 1 aromatic carbocycles. The zero-order valence-corrected chi connectivity index (χ0v) is 13.0. The molecule has 0 saturated heterocycles. The van der Waals surface area contributed by atoms with Crippen molar-refractivity contribution < 1.29 is 19.1 Å². The Morgan fingerprint density at radius 1 is 1.40 bits per heavy atom. The molecular formula is C14H17BrFNO3. The van der Waals surface area contributed by atoms with E-state index in [0.29, 0.717) is 12.1 Å². The Balaban J connectivity index is 2.78. The van der Waals surface area contributed by atoms with Crippen molar-refractivity contribution in [1.82, 2.24) is 4.90 Å². The highest BCUT2D eigenvalue weighted by Crippen LogP contribution is 2.17. The molecule has 0 bridgehead atoms. The Bertz CT molecular complexity index is 505. The lowest BCUT2D eigenvalue weighted by Crippen LogP contribution is -2.39. The van der Waals surface area contributed by atoms with E-state index < -0.39 is 11.8 Å². The highest BCUT2D eigenvalue weighted by atomic mass is 79.9. The zero-order valence-electron chi connectivity index (χ0n) is 11.4. The first-order valence-electron chi connectivity index (χ1n) is 6.23. The summed E-state index contributed by atoms with van der Waals surface area (Å²) in [6.07, 6.45) is 0.0544. The Kier molecular flexibility index (Phi) is 6.13. The summed E-state index contributed by atoms with van der Waals surface area (Å²) in [4.78, 5) is 24.2. The van der Waals surface area contributed by atoms with Gasteiger partial charge in [0, 0.05) is 6.54 Å². The van der Waals surface area contributed by atoms with Crippen LogP contribution in [0.1, 0.15) is 19.4 Å². The number of nitrogens with zero attached hydrogens (tertiary/aromatic N) is 1. The molecule has 1 amide bonds. The number of carboxylic acid groups (broad SMARTS) is 1. The average molecular weight is 346 g/mol. The van der Waals surface area contributed by atoms with Crippen LogP contribution in [0, 0.1) is 11.7 Å². The van der Waals surface area contributed by atoms with Crippen molar-refractivity contribution in [3.63, 3.8) is 0 Å². The number of carbonyl (C=O) groups excluding carboxylic acids is 1. The minimum absolute atomic E-state index is 0.0544. The van der Waals surface area contributed by atoms with Crippen molar-refractivity contribution >= 4 is 27.8 Å². The standard InChI is InChI=1S/C14H17BrFNO3/c1-9(2)7-17(8-14(19)20)13(18)6-10-3-4-12(16)11(15)5-10/h3-5,9H,6-8H2,1-2H3,(H,19,20). The minimum atomic E-state index is -1.04. The molecule has 0 atom stereocenters. The quantitative estimate of drug-likeness (QED) is 0.862. The van der Waals surface area contributed by atoms with Gasteiger partial charge in [0.2, 0.25) is 5.91 Å². The summed E-state index contributed by atoms with van der Waals surface area (Å²) >= 11 is 3.06. The molecule has 1 aromatic rings. The third-order valence-corrected chi connectivity index (χ3v) is 3.21. The molecule has 1 rings (SSSR count). The lowest BCUT2D eigenvalue weighted by Gasteiger charge is -2.22. The number of hydrogen-bond donors (Lipinski definition) is 1. The van der Waals surface area contributed by atoms with Crippen LogP contribution in [0.4, 0.5) is 4.39 Å². The number of halogens is 2. The van der Waals surface area contributed by atoms with Crippen molar-refractivity contribution in [1.29, 1.82) is 0 Å². The van der Waals surface area contributed by atoms with Crippen LogP contribution >= 0.6 is 15.9 Å². The number of aliphatic carboxylic acids is 1. The summed E-state index contributed by atoms with van der Waals surface area (Å²) in [5.74, 6) is -1.54. The molecule has 0 aliphatic rings. The van der Waals surface area contributed by atoms with Gasteiger partial charge in [-0.2, -0.15) is 0 Å². The van der Waals surface area contributed by atoms with Gasteiger partial charge in [-0.15, -0.1) is 0 Å². The van der Waals surface area contributed by atoms with Gasteiger partial charge in [0.1, 0.15) is 12.4 Å². The van der Waals surface area contributed by atoms with Gasteiger partial charge in [-0.1, -0.05) is 19.9 Å². The van der Waals surface area contributed by atoms with E-state index in [1.165, 1.54) is 23.1 Å². The van der Waals surface area contributed by atoms with Crippen LogP contribution < -0.4 is 0 Å². The maximum Gasteiger partial charge on any atom is 0.323 e. The largest absolute Gasteiger partial charge is 0.480 e. The minimum Gasteiger partial charge on any atom is -0.480 e. The molecule has 0 aromatic heterocycles. The van der Waals surface area contributed by atoms with E-state index in [1.807, 2.05) is 13.8 Å². The first-order chi connectivity index (χ1) is 9.29. The van der Waals surface area contributed by atoms with Gasteiger partial charge in [0.25, 0.3) is 0 Å². The third-order valence-electron chi connectivity index (χ3n) is 2.60. The molecule has 0 saturated carbocycles. The van der Waals surface area contributed by atoms with Gasteiger partial charge in [-0.25, -0.2) is 4.39 Å². The Labute approximate surface area is 125 Å². The average Bonchev–Trinajstić information content (AvgIpc) is 2.32. The zero-order chi connectivity index (χ0) is 15.3. The van der Waals surface area contributed by atoms with Gasteiger partial charge < -0.3 is 10.0 Å². The molecule has 110 valence electrons. The van der Waals surface area contributed by atoms with Crippen LogP contribution in [0.25, 0.3) is 0 Å². The third kappa shape index (κ3) is 5.28. The predicted octanol–water partition coefficient (Wildman–Crippen LogP) is 2.70. The molecule has 0 fully saturated rings. The summed E-state index contributed by atoms with van der Waals surface area (Å²) < 4.78 is 13.4. The van der Waals surface area contributed by atoms with Gasteiger partial charge in [-0.3, -0.25) is 9.59 Å². The number of hydrogen-bond acceptors (Lipinski definition) is 2. The molecule has 4 nitrogen and oxygen atoms in total. The number of benzene rings is 1. The summed E-state index contributed by atoms with van der Waals surface area (Å²) in [6, 6.07) is 4.32. The molecule has 0 aliphatic carbocycles. The fraction of sp³-hybridized carbons (Fsp3) is 0.429. The van der Waals surface area contributed by atoms with Gasteiger partial charge >= 0.3 is 5.97 Å². The summed E-state index contributed by atoms with van der Waals surface area (Å²) in [5.41, 5.74) is 0.641. The Morgan fingerprint density at radius 3 is 2.55 bits per heavy atom. The molecule has 20 heavy (non-hydrogen) atoms. The lowest BCUT2D eigenvalue weighted by atomic mass is 10.1. The highest BCUT2D eigenvalue weighted by Gasteiger charge is 2.18. The van der Waals surface area contributed by atoms with Gasteiger partial charge in [0.05, 0.1) is 10.9 Å². The van der Waals surface area contributed by atoms with Crippen LogP contribution in [0.15, 0.2) is 22.7 Å². The fourth-order valence-corrected chi connectivity index (χ4v) is 2.22. The normalized spacial score (nSPS) is 10.7. The molecule has 0 spiro atoms. The summed E-state index contributed by atoms with van der Waals surface area (Å²) in [7, 11) is 0. The maximum atomic E-state index is 13.1. The molecule has 1 N–H and O–H groups in total. The van der Waals surface area contributed by atoms with E-state index in [1.54, 1.807) is 0 Å². The molecule has 0 unspecified atom stereocenters. The Hall–Kier alpha value is -1.43. The smallest absolute Gasteiger partial charge is 0.323 e. The first-order valence-corrected chi connectivity index (χ1v) is 7.02. The van der Waals surface area contributed by atoms with E-state index in [2.05, 4.69) is 15.9 Å². The van der Waals surface area contributed by atoms with Crippen molar-refractivity contribution in [2.75, 3.05) is 13.1 Å². The summed E-state index contributed by atoms with van der Waals surface area (Å²) in [5, 5.41) is 8.84.